The molecule has 0 aliphatic carbocycles. The fourth-order valence-electron chi connectivity index (χ4n) is 4.51. The van der Waals surface area contributed by atoms with E-state index in [1.807, 2.05) is 79.7 Å². The van der Waals surface area contributed by atoms with Crippen molar-refractivity contribution in [2.45, 2.75) is 92.8 Å². The lowest BCUT2D eigenvalue weighted by Gasteiger charge is -2.40. The van der Waals surface area contributed by atoms with E-state index >= 15 is 0 Å². The van der Waals surface area contributed by atoms with Crippen LogP contribution in [0.15, 0.2) is 35.9 Å². The summed E-state index contributed by atoms with van der Waals surface area (Å²) in [5, 5.41) is 6.23. The predicted molar refractivity (Wildman–Crippen MR) is 150 cm³/mol. The van der Waals surface area contributed by atoms with Crippen LogP contribution in [0.2, 0.25) is 0 Å². The van der Waals surface area contributed by atoms with Crippen LogP contribution in [-0.2, 0) is 24.5 Å². The highest BCUT2D eigenvalue weighted by Crippen LogP contribution is 2.29. The molecule has 208 valence electrons. The zero-order chi connectivity index (χ0) is 28.7. The minimum Gasteiger partial charge on any atom is -0.463 e. The molecule has 1 unspecified atom stereocenters. The van der Waals surface area contributed by atoms with Crippen LogP contribution in [0.5, 0.6) is 0 Å². The third-order valence-electron chi connectivity index (χ3n) is 6.96. The Morgan fingerprint density at radius 1 is 1.03 bits per heavy atom. The van der Waals surface area contributed by atoms with E-state index in [2.05, 4.69) is 10.6 Å². The highest BCUT2D eigenvalue weighted by atomic mass is 16.5. The maximum absolute atomic E-state index is 13.9. The van der Waals surface area contributed by atoms with Gasteiger partial charge >= 0.3 is 5.97 Å². The molecule has 37 heavy (non-hydrogen) atoms. The Labute approximate surface area is 224 Å². The van der Waals surface area contributed by atoms with Crippen molar-refractivity contribution >= 4 is 17.8 Å². The maximum atomic E-state index is 13.9. The second-order valence-electron chi connectivity index (χ2n) is 11.9. The molecule has 0 spiro atoms. The van der Waals surface area contributed by atoms with Crippen molar-refractivity contribution in [2.75, 3.05) is 20.7 Å². The fraction of sp³-hybridized carbons (Fsp3) is 0.633. The van der Waals surface area contributed by atoms with E-state index < -0.39 is 28.9 Å². The maximum Gasteiger partial charge on any atom is 0.333 e. The van der Waals surface area contributed by atoms with E-state index in [0.29, 0.717) is 5.57 Å². The second-order valence-corrected chi connectivity index (χ2v) is 11.9. The van der Waals surface area contributed by atoms with Crippen LogP contribution in [0.1, 0.15) is 73.4 Å². The van der Waals surface area contributed by atoms with Gasteiger partial charge in [-0.05, 0) is 44.7 Å². The summed E-state index contributed by atoms with van der Waals surface area (Å²) in [6.07, 6.45) is 1.78. The molecule has 1 aromatic carbocycles. The minimum atomic E-state index is -0.771. The van der Waals surface area contributed by atoms with Crippen molar-refractivity contribution < 1.29 is 19.1 Å². The summed E-state index contributed by atoms with van der Waals surface area (Å²) in [5.74, 6) is -0.811. The van der Waals surface area contributed by atoms with Gasteiger partial charge < -0.3 is 20.3 Å². The molecule has 0 heterocycles. The topological polar surface area (TPSA) is 87.7 Å². The summed E-state index contributed by atoms with van der Waals surface area (Å²) in [7, 11) is 3.48. The molecule has 3 atom stereocenters. The molecule has 1 aromatic rings. The molecule has 0 saturated carbocycles. The number of hydrogen-bond acceptors (Lipinski definition) is 5. The van der Waals surface area contributed by atoms with Crippen LogP contribution in [0, 0.1) is 18.3 Å². The Kier molecular flexibility index (Phi) is 11.6. The lowest BCUT2D eigenvalue weighted by atomic mass is 9.76. The van der Waals surface area contributed by atoms with Gasteiger partial charge in [-0.1, -0.05) is 84.4 Å². The molecule has 0 aliphatic heterocycles. The van der Waals surface area contributed by atoms with Crippen molar-refractivity contribution in [1.82, 2.24) is 15.5 Å². The Hall–Kier alpha value is -2.67. The molecule has 7 nitrogen and oxygen atoms in total. The monoisotopic (exact) mass is 515 g/mol. The van der Waals surface area contributed by atoms with Gasteiger partial charge in [0.1, 0.15) is 6.04 Å². The fourth-order valence-corrected chi connectivity index (χ4v) is 4.51. The quantitative estimate of drug-likeness (QED) is 0.337. The number of nitrogens with one attached hydrogen (secondary N) is 2. The van der Waals surface area contributed by atoms with E-state index in [1.54, 1.807) is 38.9 Å². The van der Waals surface area contributed by atoms with Gasteiger partial charge in [0, 0.05) is 18.0 Å². The van der Waals surface area contributed by atoms with Crippen LogP contribution in [0.3, 0.4) is 0 Å². The number of benzene rings is 1. The van der Waals surface area contributed by atoms with E-state index in [4.69, 9.17) is 4.74 Å². The first-order chi connectivity index (χ1) is 17.0. The van der Waals surface area contributed by atoms with Gasteiger partial charge in [-0.25, -0.2) is 4.79 Å². The van der Waals surface area contributed by atoms with Crippen molar-refractivity contribution in [2.24, 2.45) is 11.3 Å². The number of carbonyl (C=O) groups is 3. The molecule has 2 amide bonds. The Balaban J connectivity index is 3.30. The lowest BCUT2D eigenvalue weighted by Crippen LogP contribution is -2.61. The van der Waals surface area contributed by atoms with Crippen molar-refractivity contribution in [3.63, 3.8) is 0 Å². The zero-order valence-corrected chi connectivity index (χ0v) is 25.0. The number of hydrogen-bond donors (Lipinski definition) is 2. The number of nitrogens with zero attached hydrogens (tertiary/aromatic N) is 1. The molecule has 0 fully saturated rings. The number of likely N-dealkylation sites (N-methyl/N-ethyl adjacent to an activating group) is 2. The van der Waals surface area contributed by atoms with Crippen LogP contribution in [0.4, 0.5) is 0 Å². The molecule has 0 bridgehead atoms. The van der Waals surface area contributed by atoms with Crippen LogP contribution in [0.25, 0.3) is 0 Å². The first kappa shape index (κ1) is 32.4. The number of carbonyl (C=O) groups excluding carboxylic acids is 3. The van der Waals surface area contributed by atoms with Crippen molar-refractivity contribution in [1.29, 1.82) is 0 Å². The number of ether oxygens (including phenoxy) is 1. The van der Waals surface area contributed by atoms with E-state index in [-0.39, 0.29) is 30.4 Å². The molecular weight excluding hydrogens is 466 g/mol. The van der Waals surface area contributed by atoms with Gasteiger partial charge in [-0.3, -0.25) is 9.59 Å². The van der Waals surface area contributed by atoms with E-state index in [1.165, 1.54) is 0 Å². The summed E-state index contributed by atoms with van der Waals surface area (Å²) >= 11 is 0. The SMILES string of the molecule is CCOC(=O)/C(C)=C/[C@H](C(C)C)N(C)C(=O)C(NC(=O)[C@H](NC)C(C)(C)c1ccc(C)cc1)C(C)(C)C. The van der Waals surface area contributed by atoms with Crippen molar-refractivity contribution in [3.8, 4) is 0 Å². The van der Waals surface area contributed by atoms with E-state index in [9.17, 15) is 14.4 Å². The second kappa shape index (κ2) is 13.2. The highest BCUT2D eigenvalue weighted by molar-refractivity contribution is 5.92. The summed E-state index contributed by atoms with van der Waals surface area (Å²) in [6, 6.07) is 6.48. The average Bonchev–Trinajstić information content (AvgIpc) is 2.79. The zero-order valence-electron chi connectivity index (χ0n) is 25.0. The van der Waals surface area contributed by atoms with Gasteiger partial charge in [0.15, 0.2) is 0 Å². The third kappa shape index (κ3) is 8.42. The van der Waals surface area contributed by atoms with Gasteiger partial charge in [0.25, 0.3) is 0 Å². The summed E-state index contributed by atoms with van der Waals surface area (Å²) in [4.78, 5) is 41.4. The first-order valence-electron chi connectivity index (χ1n) is 13.2. The van der Waals surface area contributed by atoms with Crippen LogP contribution >= 0.6 is 0 Å². The Morgan fingerprint density at radius 2 is 1.57 bits per heavy atom. The minimum absolute atomic E-state index is 0.0418. The summed E-state index contributed by atoms with van der Waals surface area (Å²) < 4.78 is 5.12. The van der Waals surface area contributed by atoms with Gasteiger partial charge in [-0.15, -0.1) is 0 Å². The van der Waals surface area contributed by atoms with Crippen LogP contribution < -0.4 is 10.6 Å². The third-order valence-corrected chi connectivity index (χ3v) is 6.96. The number of esters is 1. The van der Waals surface area contributed by atoms with E-state index in [0.717, 1.165) is 11.1 Å². The number of rotatable bonds is 11. The molecule has 2 N–H and O–H groups in total. The van der Waals surface area contributed by atoms with Gasteiger partial charge in [0.2, 0.25) is 11.8 Å². The molecule has 0 saturated heterocycles. The average molecular weight is 516 g/mol. The first-order valence-corrected chi connectivity index (χ1v) is 13.2. The Bertz CT molecular complexity index is 958. The largest absolute Gasteiger partial charge is 0.463 e. The molecular formula is C30H49N3O4. The lowest BCUT2D eigenvalue weighted by molar-refractivity contribution is -0.141. The molecule has 0 radical (unpaired) electrons. The van der Waals surface area contributed by atoms with Gasteiger partial charge in [-0.2, -0.15) is 0 Å². The molecule has 1 rings (SSSR count). The summed E-state index contributed by atoms with van der Waals surface area (Å²) in [5.41, 5.74) is 1.56. The predicted octanol–water partition coefficient (Wildman–Crippen LogP) is 4.38. The normalized spacial score (nSPS) is 15.1. The molecule has 0 aromatic heterocycles. The number of amides is 2. The smallest absolute Gasteiger partial charge is 0.333 e. The van der Waals surface area contributed by atoms with Crippen molar-refractivity contribution in [3.05, 3.63) is 47.0 Å². The summed E-state index contributed by atoms with van der Waals surface area (Å²) in [6.45, 7) is 19.6. The Morgan fingerprint density at radius 3 is 2.00 bits per heavy atom. The standard InChI is InChI=1S/C30H49N3O4/c1-13-37-28(36)21(5)18-23(19(2)3)33(12)27(35)25(29(6,7)8)32-26(34)24(31-11)30(9,10)22-16-14-20(4)15-17-22/h14-19,23-25,31H,13H2,1-12H3,(H,32,34)/b21-18+/t23-,24+,25?/m1/s1. The highest BCUT2D eigenvalue weighted by Gasteiger charge is 2.41. The number of aryl methyl sites for hydroxylation is 1. The van der Waals surface area contributed by atoms with Crippen LogP contribution in [-0.4, -0.2) is 61.5 Å². The molecule has 0 aliphatic rings. The molecule has 7 heteroatoms. The van der Waals surface area contributed by atoms with Gasteiger partial charge in [0.05, 0.1) is 18.7 Å².